The average Bonchev–Trinajstić information content (AvgIpc) is 2.62. The molecular weight excluding hydrogens is 352 g/mol. The molecule has 4 N–H and O–H groups in total. The number of nitrogens with one attached hydrogen (secondary N) is 2. The van der Waals surface area contributed by atoms with Crippen molar-refractivity contribution in [3.63, 3.8) is 0 Å². The zero-order valence-electron chi connectivity index (χ0n) is 14.9. The molecule has 0 aromatic heterocycles. The number of guanidine groups is 1. The quantitative estimate of drug-likeness (QED) is 0.483. The minimum atomic E-state index is -3.44. The second kappa shape index (κ2) is 9.33. The number of nitrogens with zero attached hydrogens (tertiary/aromatic N) is 1. The van der Waals surface area contributed by atoms with Gasteiger partial charge in [-0.15, -0.1) is 0 Å². The molecule has 0 saturated heterocycles. The zero-order valence-corrected chi connectivity index (χ0v) is 15.7. The van der Waals surface area contributed by atoms with Gasteiger partial charge in [-0.25, -0.2) is 18.1 Å². The van der Waals surface area contributed by atoms with E-state index in [0.717, 1.165) is 16.8 Å². The lowest BCUT2D eigenvalue weighted by molar-refractivity contribution is 0.185. The number of ether oxygens (including phenoxy) is 1. The Morgan fingerprint density at radius 2 is 1.85 bits per heavy atom. The number of methoxy groups -OCH3 is 1. The summed E-state index contributed by atoms with van der Waals surface area (Å²) in [6, 6.07) is 14.2. The van der Waals surface area contributed by atoms with Gasteiger partial charge in [0.2, 0.25) is 10.0 Å². The molecule has 140 valence electrons. The van der Waals surface area contributed by atoms with Crippen LogP contribution in [0.3, 0.4) is 0 Å². The Labute approximate surface area is 154 Å². The standard InChI is InChI=1S/C18H24N4O3S/c1-3-21-26(23,24)16-10-8-14(9-11-16)12-20-18(19)22-17-7-5-4-6-15(17)13-25-2/h4-11,21H,3,12-13H2,1-2H3,(H3,19,20,22). The number of sulfonamides is 1. The van der Waals surface area contributed by atoms with E-state index in [9.17, 15) is 8.42 Å². The summed E-state index contributed by atoms with van der Waals surface area (Å²) < 4.78 is 31.5. The smallest absolute Gasteiger partial charge is 0.240 e. The van der Waals surface area contributed by atoms with E-state index in [1.54, 1.807) is 38.3 Å². The SMILES string of the molecule is CCNS(=O)(=O)c1ccc(CN=C(N)Nc2ccccc2COC)cc1. The van der Waals surface area contributed by atoms with Gasteiger partial charge in [-0.05, 0) is 23.8 Å². The van der Waals surface area contributed by atoms with Crippen LogP contribution in [0.25, 0.3) is 0 Å². The fourth-order valence-corrected chi connectivity index (χ4v) is 3.37. The first-order valence-electron chi connectivity index (χ1n) is 8.18. The molecule has 0 amide bonds. The number of nitrogens with two attached hydrogens (primary N) is 1. The summed E-state index contributed by atoms with van der Waals surface area (Å²) in [5.41, 5.74) is 8.62. The third-order valence-electron chi connectivity index (χ3n) is 3.58. The van der Waals surface area contributed by atoms with E-state index < -0.39 is 10.0 Å². The van der Waals surface area contributed by atoms with Crippen LogP contribution in [-0.4, -0.2) is 28.0 Å². The summed E-state index contributed by atoms with van der Waals surface area (Å²) in [5.74, 6) is 0.276. The highest BCUT2D eigenvalue weighted by Crippen LogP contribution is 2.16. The van der Waals surface area contributed by atoms with Gasteiger partial charge in [0.15, 0.2) is 5.96 Å². The lowest BCUT2D eigenvalue weighted by atomic mass is 10.2. The van der Waals surface area contributed by atoms with Crippen molar-refractivity contribution in [1.29, 1.82) is 0 Å². The summed E-state index contributed by atoms with van der Waals surface area (Å²) in [4.78, 5) is 4.52. The van der Waals surface area contributed by atoms with E-state index in [-0.39, 0.29) is 10.9 Å². The summed E-state index contributed by atoms with van der Waals surface area (Å²) >= 11 is 0. The van der Waals surface area contributed by atoms with Crippen LogP contribution in [0.4, 0.5) is 5.69 Å². The van der Waals surface area contributed by atoms with Gasteiger partial charge in [-0.1, -0.05) is 37.3 Å². The third-order valence-corrected chi connectivity index (χ3v) is 5.14. The van der Waals surface area contributed by atoms with Crippen LogP contribution in [0.1, 0.15) is 18.1 Å². The number of hydrogen-bond donors (Lipinski definition) is 3. The highest BCUT2D eigenvalue weighted by Gasteiger charge is 2.11. The van der Waals surface area contributed by atoms with Crippen molar-refractivity contribution < 1.29 is 13.2 Å². The number of benzene rings is 2. The maximum Gasteiger partial charge on any atom is 0.240 e. The van der Waals surface area contributed by atoms with Gasteiger partial charge in [0, 0.05) is 24.9 Å². The molecule has 0 aliphatic rings. The van der Waals surface area contributed by atoms with Crippen LogP contribution in [-0.2, 0) is 27.9 Å². The second-order valence-electron chi connectivity index (χ2n) is 5.56. The number of rotatable bonds is 8. The van der Waals surface area contributed by atoms with Crippen molar-refractivity contribution in [2.45, 2.75) is 25.0 Å². The Balaban J connectivity index is 2.03. The first-order valence-corrected chi connectivity index (χ1v) is 9.67. The minimum Gasteiger partial charge on any atom is -0.380 e. The second-order valence-corrected chi connectivity index (χ2v) is 7.33. The maximum absolute atomic E-state index is 11.9. The zero-order chi connectivity index (χ0) is 19.0. The largest absolute Gasteiger partial charge is 0.380 e. The predicted octanol–water partition coefficient (Wildman–Crippen LogP) is 2.06. The lowest BCUT2D eigenvalue weighted by Crippen LogP contribution is -2.23. The normalized spacial score (nSPS) is 12.2. The molecule has 0 radical (unpaired) electrons. The van der Waals surface area contributed by atoms with E-state index in [1.807, 2.05) is 24.3 Å². The van der Waals surface area contributed by atoms with E-state index in [4.69, 9.17) is 10.5 Å². The predicted molar refractivity (Wildman–Crippen MR) is 103 cm³/mol. The lowest BCUT2D eigenvalue weighted by Gasteiger charge is -2.11. The van der Waals surface area contributed by atoms with E-state index in [0.29, 0.717) is 19.7 Å². The van der Waals surface area contributed by atoms with Crippen molar-refractivity contribution in [2.75, 3.05) is 19.0 Å². The molecule has 0 aliphatic heterocycles. The van der Waals surface area contributed by atoms with E-state index >= 15 is 0 Å². The summed E-state index contributed by atoms with van der Waals surface area (Å²) in [6.07, 6.45) is 0. The van der Waals surface area contributed by atoms with Crippen LogP contribution in [0.2, 0.25) is 0 Å². The topological polar surface area (TPSA) is 106 Å². The Hall–Kier alpha value is -2.42. The van der Waals surface area contributed by atoms with Gasteiger partial charge in [0.25, 0.3) is 0 Å². The molecule has 26 heavy (non-hydrogen) atoms. The van der Waals surface area contributed by atoms with Gasteiger partial charge in [-0.2, -0.15) is 0 Å². The summed E-state index contributed by atoms with van der Waals surface area (Å²) in [6.45, 7) is 2.90. The fourth-order valence-electron chi connectivity index (χ4n) is 2.32. The molecule has 8 heteroatoms. The average molecular weight is 376 g/mol. The monoisotopic (exact) mass is 376 g/mol. The van der Waals surface area contributed by atoms with Crippen molar-refractivity contribution in [3.05, 3.63) is 59.7 Å². The molecule has 0 fully saturated rings. The first-order chi connectivity index (χ1) is 12.5. The Morgan fingerprint density at radius 1 is 1.15 bits per heavy atom. The highest BCUT2D eigenvalue weighted by atomic mass is 32.2. The van der Waals surface area contributed by atoms with Crippen LogP contribution in [0.5, 0.6) is 0 Å². The maximum atomic E-state index is 11.9. The molecular formula is C18H24N4O3S. The van der Waals surface area contributed by atoms with Gasteiger partial charge in [0.1, 0.15) is 0 Å². The van der Waals surface area contributed by atoms with E-state index in [2.05, 4.69) is 15.0 Å². The van der Waals surface area contributed by atoms with E-state index in [1.165, 1.54) is 0 Å². The molecule has 2 aromatic carbocycles. The van der Waals surface area contributed by atoms with Crippen molar-refractivity contribution in [3.8, 4) is 0 Å². The fraction of sp³-hybridized carbons (Fsp3) is 0.278. The van der Waals surface area contributed by atoms with Crippen LogP contribution >= 0.6 is 0 Å². The third kappa shape index (κ3) is 5.55. The van der Waals surface area contributed by atoms with Gasteiger partial charge < -0.3 is 15.8 Å². The van der Waals surface area contributed by atoms with Crippen molar-refractivity contribution in [1.82, 2.24) is 4.72 Å². The molecule has 2 aromatic rings. The minimum absolute atomic E-state index is 0.228. The molecule has 2 rings (SSSR count). The van der Waals surface area contributed by atoms with Crippen molar-refractivity contribution in [2.24, 2.45) is 10.7 Å². The molecule has 0 heterocycles. The summed E-state index contributed by atoms with van der Waals surface area (Å²) in [5, 5.41) is 3.06. The molecule has 0 spiro atoms. The Morgan fingerprint density at radius 3 is 2.50 bits per heavy atom. The molecule has 0 unspecified atom stereocenters. The molecule has 0 saturated carbocycles. The number of hydrogen-bond acceptors (Lipinski definition) is 4. The molecule has 0 atom stereocenters. The van der Waals surface area contributed by atoms with Crippen molar-refractivity contribution >= 4 is 21.7 Å². The number of anilines is 1. The summed E-state index contributed by atoms with van der Waals surface area (Å²) in [7, 11) is -1.81. The Bertz CT molecular complexity index is 849. The first kappa shape index (κ1) is 19.9. The van der Waals surface area contributed by atoms with Gasteiger partial charge in [-0.3, -0.25) is 0 Å². The highest BCUT2D eigenvalue weighted by molar-refractivity contribution is 7.89. The van der Waals surface area contributed by atoms with Crippen LogP contribution in [0.15, 0.2) is 58.4 Å². The number of para-hydroxylation sites is 1. The van der Waals surface area contributed by atoms with Gasteiger partial charge in [0.05, 0.1) is 18.0 Å². The van der Waals surface area contributed by atoms with Crippen LogP contribution < -0.4 is 15.8 Å². The molecule has 0 aliphatic carbocycles. The number of aliphatic imine (C=N–C) groups is 1. The van der Waals surface area contributed by atoms with Crippen LogP contribution in [0, 0.1) is 0 Å². The van der Waals surface area contributed by atoms with Gasteiger partial charge >= 0.3 is 0 Å². The molecule has 0 bridgehead atoms. The molecule has 7 nitrogen and oxygen atoms in total. The Kier molecular flexibility index (Phi) is 7.14.